The summed E-state index contributed by atoms with van der Waals surface area (Å²) in [6.07, 6.45) is 0. The van der Waals surface area contributed by atoms with Crippen LogP contribution in [0.3, 0.4) is 0 Å². The van der Waals surface area contributed by atoms with Gasteiger partial charge in [-0.3, -0.25) is 0 Å². The number of hydrogen-bond acceptors (Lipinski definition) is 4. The SMILES string of the molecule is c1ccc2c(c1)oc1c(N(c3ccc4c(c3)oc3c(-n5c6ccccc6c6ccccc65)cccc34)c3cccc4c3sc3ccccc34)cccc12. The zero-order chi connectivity index (χ0) is 34.6. The number of aromatic nitrogens is 1. The van der Waals surface area contributed by atoms with Crippen LogP contribution < -0.4 is 4.90 Å². The van der Waals surface area contributed by atoms with Gasteiger partial charge >= 0.3 is 0 Å². The molecule has 53 heavy (non-hydrogen) atoms. The Morgan fingerprint density at radius 3 is 1.81 bits per heavy atom. The summed E-state index contributed by atoms with van der Waals surface area (Å²) in [5.41, 5.74) is 9.82. The second kappa shape index (κ2) is 10.8. The van der Waals surface area contributed by atoms with Crippen molar-refractivity contribution in [2.75, 3.05) is 4.90 Å². The Kier molecular flexibility index (Phi) is 5.90. The highest BCUT2D eigenvalue weighted by atomic mass is 32.1. The molecule has 4 nitrogen and oxygen atoms in total. The molecule has 0 bridgehead atoms. The van der Waals surface area contributed by atoms with E-state index in [9.17, 15) is 0 Å². The molecule has 0 aliphatic heterocycles. The van der Waals surface area contributed by atoms with Gasteiger partial charge in [-0.25, -0.2) is 0 Å². The number of furan rings is 2. The van der Waals surface area contributed by atoms with Crippen molar-refractivity contribution in [1.29, 1.82) is 0 Å². The van der Waals surface area contributed by atoms with E-state index in [1.165, 1.54) is 30.9 Å². The van der Waals surface area contributed by atoms with Crippen LogP contribution in [0.4, 0.5) is 17.1 Å². The van der Waals surface area contributed by atoms with Crippen LogP contribution >= 0.6 is 11.3 Å². The molecule has 0 fully saturated rings. The third-order valence-electron chi connectivity index (χ3n) is 10.8. The Balaban J connectivity index is 1.13. The predicted octanol–water partition coefficient (Wildman–Crippen LogP) is 14.4. The van der Waals surface area contributed by atoms with Gasteiger partial charge in [-0.1, -0.05) is 109 Å². The number of para-hydroxylation sites is 5. The minimum atomic E-state index is 0.830. The molecular formula is C48H28N2O2S. The van der Waals surface area contributed by atoms with Crippen LogP contribution in [0.25, 0.3) is 91.5 Å². The normalized spacial score (nSPS) is 12.2. The summed E-state index contributed by atoms with van der Waals surface area (Å²) in [5.74, 6) is 0. The smallest absolute Gasteiger partial charge is 0.159 e. The molecule has 0 atom stereocenters. The molecule has 4 aromatic heterocycles. The van der Waals surface area contributed by atoms with Gasteiger partial charge in [0.25, 0.3) is 0 Å². The third-order valence-corrected chi connectivity index (χ3v) is 12.0. The minimum Gasteiger partial charge on any atom is -0.454 e. The van der Waals surface area contributed by atoms with Crippen LogP contribution in [-0.2, 0) is 0 Å². The van der Waals surface area contributed by atoms with E-state index in [4.69, 9.17) is 8.83 Å². The predicted molar refractivity (Wildman–Crippen MR) is 223 cm³/mol. The summed E-state index contributed by atoms with van der Waals surface area (Å²) >= 11 is 1.83. The van der Waals surface area contributed by atoms with Crippen molar-refractivity contribution in [3.05, 3.63) is 170 Å². The average Bonchev–Trinajstić information content (AvgIpc) is 3.97. The van der Waals surface area contributed by atoms with Crippen LogP contribution in [0.2, 0.25) is 0 Å². The molecule has 0 N–H and O–H groups in total. The zero-order valence-electron chi connectivity index (χ0n) is 28.3. The first-order valence-electron chi connectivity index (χ1n) is 17.8. The van der Waals surface area contributed by atoms with Crippen molar-refractivity contribution < 1.29 is 8.83 Å². The van der Waals surface area contributed by atoms with E-state index in [2.05, 4.69) is 167 Å². The summed E-state index contributed by atoms with van der Waals surface area (Å²) in [4.78, 5) is 2.35. The molecule has 0 saturated heterocycles. The van der Waals surface area contributed by atoms with Gasteiger partial charge in [0, 0.05) is 53.9 Å². The van der Waals surface area contributed by atoms with E-state index in [0.29, 0.717) is 0 Å². The first-order valence-corrected chi connectivity index (χ1v) is 18.7. The van der Waals surface area contributed by atoms with E-state index in [0.717, 1.165) is 77.7 Å². The fraction of sp³-hybridized carbons (Fsp3) is 0. The van der Waals surface area contributed by atoms with Crippen molar-refractivity contribution in [1.82, 2.24) is 4.57 Å². The maximum absolute atomic E-state index is 6.97. The molecule has 0 aliphatic rings. The zero-order valence-corrected chi connectivity index (χ0v) is 29.1. The van der Waals surface area contributed by atoms with Crippen molar-refractivity contribution in [3.8, 4) is 5.69 Å². The van der Waals surface area contributed by atoms with E-state index in [-0.39, 0.29) is 0 Å². The molecule has 4 heterocycles. The standard InChI is InChI=1S/C48H28N2O2S/c1-5-19-38-30(12-1)31-13-2-6-20-39(31)50(38)41-22-10-17-36-33-27-26-29(28-44(33)52-47(36)41)49(40-21-9-16-35-32-14-3-7-24-43(32)51-46(35)40)42-23-11-18-37-34-15-4-8-25-45(34)53-48(37)42/h1-28H. The monoisotopic (exact) mass is 696 g/mol. The molecule has 0 unspecified atom stereocenters. The lowest BCUT2D eigenvalue weighted by molar-refractivity contribution is 0.666. The van der Waals surface area contributed by atoms with Crippen molar-refractivity contribution in [3.63, 3.8) is 0 Å². The van der Waals surface area contributed by atoms with Crippen molar-refractivity contribution in [2.45, 2.75) is 0 Å². The number of hydrogen-bond donors (Lipinski definition) is 0. The largest absolute Gasteiger partial charge is 0.454 e. The van der Waals surface area contributed by atoms with E-state index in [1.54, 1.807) is 0 Å². The Morgan fingerprint density at radius 2 is 1.00 bits per heavy atom. The van der Waals surface area contributed by atoms with Gasteiger partial charge in [-0.15, -0.1) is 11.3 Å². The van der Waals surface area contributed by atoms with Crippen LogP contribution in [0.5, 0.6) is 0 Å². The molecule has 8 aromatic carbocycles. The van der Waals surface area contributed by atoms with Gasteiger partial charge in [0.15, 0.2) is 11.2 Å². The highest BCUT2D eigenvalue weighted by Gasteiger charge is 2.24. The summed E-state index contributed by atoms with van der Waals surface area (Å²) in [6, 6.07) is 60.4. The number of nitrogens with zero attached hydrogens (tertiary/aromatic N) is 2. The van der Waals surface area contributed by atoms with Gasteiger partial charge < -0.3 is 18.3 Å². The number of thiophene rings is 1. The van der Waals surface area contributed by atoms with Gasteiger partial charge in [0.05, 0.1) is 38.5 Å². The molecular weight excluding hydrogens is 669 g/mol. The van der Waals surface area contributed by atoms with Crippen LogP contribution in [0.1, 0.15) is 0 Å². The molecule has 248 valence electrons. The van der Waals surface area contributed by atoms with E-state index in [1.807, 2.05) is 23.5 Å². The van der Waals surface area contributed by atoms with E-state index < -0.39 is 0 Å². The molecule has 12 aromatic rings. The van der Waals surface area contributed by atoms with Gasteiger partial charge in [0.1, 0.15) is 11.2 Å². The van der Waals surface area contributed by atoms with Crippen LogP contribution in [-0.4, -0.2) is 4.57 Å². The Hall–Kier alpha value is -6.82. The number of anilines is 3. The molecule has 0 aliphatic carbocycles. The lowest BCUT2D eigenvalue weighted by atomic mass is 10.1. The second-order valence-corrected chi connectivity index (χ2v) is 14.7. The minimum absolute atomic E-state index is 0.830. The molecule has 0 radical (unpaired) electrons. The van der Waals surface area contributed by atoms with Crippen molar-refractivity contribution in [2.24, 2.45) is 0 Å². The topological polar surface area (TPSA) is 34.5 Å². The first kappa shape index (κ1) is 28.8. The second-order valence-electron chi connectivity index (χ2n) is 13.6. The molecule has 0 spiro atoms. The summed E-state index contributed by atoms with van der Waals surface area (Å²) < 4.78 is 18.5. The summed E-state index contributed by atoms with van der Waals surface area (Å²) in [6.45, 7) is 0. The molecule has 5 heteroatoms. The van der Waals surface area contributed by atoms with Crippen molar-refractivity contribution >= 4 is 114 Å². The quantitative estimate of drug-likeness (QED) is 0.184. The Morgan fingerprint density at radius 1 is 0.415 bits per heavy atom. The maximum Gasteiger partial charge on any atom is 0.159 e. The molecule has 12 rings (SSSR count). The average molecular weight is 697 g/mol. The van der Waals surface area contributed by atoms with Gasteiger partial charge in [0.2, 0.25) is 0 Å². The Bertz CT molecular complexity index is 3270. The van der Waals surface area contributed by atoms with Crippen LogP contribution in [0, 0.1) is 0 Å². The highest BCUT2D eigenvalue weighted by Crippen LogP contribution is 2.48. The van der Waals surface area contributed by atoms with Gasteiger partial charge in [-0.05, 0) is 54.6 Å². The van der Waals surface area contributed by atoms with E-state index >= 15 is 0 Å². The van der Waals surface area contributed by atoms with Crippen LogP contribution in [0.15, 0.2) is 179 Å². The summed E-state index contributed by atoms with van der Waals surface area (Å²) in [5, 5.41) is 9.32. The molecule has 0 saturated carbocycles. The van der Waals surface area contributed by atoms with Gasteiger partial charge in [-0.2, -0.15) is 0 Å². The fourth-order valence-corrected chi connectivity index (χ4v) is 9.70. The molecule has 0 amide bonds. The maximum atomic E-state index is 6.97. The number of rotatable bonds is 4. The third kappa shape index (κ3) is 4.05. The lowest BCUT2D eigenvalue weighted by Gasteiger charge is -2.26. The number of benzene rings is 8. The highest BCUT2D eigenvalue weighted by molar-refractivity contribution is 7.26. The Labute approximate surface area is 306 Å². The fourth-order valence-electron chi connectivity index (χ4n) is 8.49. The number of fused-ring (bicyclic) bond motifs is 12. The summed E-state index contributed by atoms with van der Waals surface area (Å²) in [7, 11) is 0. The first-order chi connectivity index (χ1) is 26.3. The lowest BCUT2D eigenvalue weighted by Crippen LogP contribution is -2.10.